The van der Waals surface area contributed by atoms with Crippen molar-refractivity contribution >= 4 is 23.4 Å². The van der Waals surface area contributed by atoms with Crippen molar-refractivity contribution in [1.29, 1.82) is 0 Å². The van der Waals surface area contributed by atoms with Crippen molar-refractivity contribution in [3.63, 3.8) is 0 Å². The lowest BCUT2D eigenvalue weighted by Crippen LogP contribution is -2.14. The molecule has 2 nitrogen and oxygen atoms in total. The minimum Gasteiger partial charge on any atom is -0.326 e. The maximum absolute atomic E-state index is 5.95. The molecule has 0 amide bonds. The first-order chi connectivity index (χ1) is 7.13. The summed E-state index contributed by atoms with van der Waals surface area (Å²) in [6.45, 7) is 1.63. The second kappa shape index (κ2) is 6.38. The van der Waals surface area contributed by atoms with Gasteiger partial charge in [0.15, 0.2) is 0 Å². The monoisotopic (exact) mass is 244 g/mol. The zero-order valence-corrected chi connectivity index (χ0v) is 10.7. The molecule has 1 aromatic rings. The predicted octanol–water partition coefficient (Wildman–Crippen LogP) is 2.45. The van der Waals surface area contributed by atoms with Crippen molar-refractivity contribution in [3.8, 4) is 0 Å². The van der Waals surface area contributed by atoms with E-state index in [1.54, 1.807) is 0 Å². The lowest BCUT2D eigenvalue weighted by atomic mass is 10.2. The van der Waals surface area contributed by atoms with E-state index in [1.807, 2.05) is 30.0 Å². The summed E-state index contributed by atoms with van der Waals surface area (Å²) in [5.74, 6) is 1.06. The van der Waals surface area contributed by atoms with E-state index in [-0.39, 0.29) is 0 Å². The molecule has 2 N–H and O–H groups in total. The zero-order chi connectivity index (χ0) is 11.3. The van der Waals surface area contributed by atoms with Gasteiger partial charge in [0.1, 0.15) is 0 Å². The number of hydrogen-bond donors (Lipinski definition) is 1. The van der Waals surface area contributed by atoms with Crippen LogP contribution in [-0.4, -0.2) is 31.3 Å². The minimum absolute atomic E-state index is 0.571. The fourth-order valence-electron chi connectivity index (χ4n) is 1.17. The molecule has 0 saturated carbocycles. The minimum atomic E-state index is 0.571. The average molecular weight is 245 g/mol. The van der Waals surface area contributed by atoms with Crippen LogP contribution in [0.5, 0.6) is 0 Å². The third-order valence-electron chi connectivity index (χ3n) is 2.05. The quantitative estimate of drug-likeness (QED) is 0.807. The highest BCUT2D eigenvalue weighted by Gasteiger charge is 2.02. The number of thioether (sulfide) groups is 1. The smallest absolute Gasteiger partial charge is 0.0417 e. The van der Waals surface area contributed by atoms with Gasteiger partial charge in [0.05, 0.1) is 0 Å². The van der Waals surface area contributed by atoms with Gasteiger partial charge in [0.25, 0.3) is 0 Å². The Hall–Kier alpha value is -0.220. The second-order valence-electron chi connectivity index (χ2n) is 3.61. The summed E-state index contributed by atoms with van der Waals surface area (Å²) in [6, 6.07) is 5.88. The van der Waals surface area contributed by atoms with Gasteiger partial charge in [-0.25, -0.2) is 0 Å². The van der Waals surface area contributed by atoms with Crippen molar-refractivity contribution in [3.05, 3.63) is 28.8 Å². The molecule has 4 heteroatoms. The summed E-state index contributed by atoms with van der Waals surface area (Å²) >= 11 is 7.76. The van der Waals surface area contributed by atoms with Gasteiger partial charge < -0.3 is 10.6 Å². The summed E-state index contributed by atoms with van der Waals surface area (Å²) in [6.07, 6.45) is 0. The molecule has 0 bridgehead atoms. The van der Waals surface area contributed by atoms with Crippen LogP contribution in [-0.2, 0) is 6.54 Å². The molecule has 0 heterocycles. The van der Waals surface area contributed by atoms with E-state index in [0.717, 1.165) is 17.3 Å². The van der Waals surface area contributed by atoms with Crippen molar-refractivity contribution in [2.45, 2.75) is 11.4 Å². The Morgan fingerprint density at radius 1 is 1.40 bits per heavy atom. The third kappa shape index (κ3) is 4.43. The fraction of sp³-hybridized carbons (Fsp3) is 0.455. The summed E-state index contributed by atoms with van der Waals surface area (Å²) in [5, 5.41) is 0.777. The van der Waals surface area contributed by atoms with Gasteiger partial charge in [-0.15, -0.1) is 11.8 Å². The molecule has 0 aliphatic rings. The summed E-state index contributed by atoms with van der Waals surface area (Å²) in [5.41, 5.74) is 6.83. The highest BCUT2D eigenvalue weighted by molar-refractivity contribution is 7.99. The van der Waals surface area contributed by atoms with Crippen molar-refractivity contribution in [1.82, 2.24) is 4.90 Å². The van der Waals surface area contributed by atoms with Crippen LogP contribution in [0.25, 0.3) is 0 Å². The topological polar surface area (TPSA) is 29.3 Å². The van der Waals surface area contributed by atoms with Gasteiger partial charge in [-0.05, 0) is 31.8 Å². The van der Waals surface area contributed by atoms with Gasteiger partial charge >= 0.3 is 0 Å². The summed E-state index contributed by atoms with van der Waals surface area (Å²) in [7, 11) is 4.14. The number of halogens is 1. The Bertz CT molecular complexity index is 315. The van der Waals surface area contributed by atoms with Crippen LogP contribution in [0.4, 0.5) is 0 Å². The predicted molar refractivity (Wildman–Crippen MR) is 68.6 cm³/mol. The molecule has 1 aromatic carbocycles. The van der Waals surface area contributed by atoms with Gasteiger partial charge in [-0.3, -0.25) is 0 Å². The number of nitrogens with two attached hydrogens (primary N) is 1. The Morgan fingerprint density at radius 3 is 2.73 bits per heavy atom. The third-order valence-corrected chi connectivity index (χ3v) is 3.36. The van der Waals surface area contributed by atoms with Crippen molar-refractivity contribution < 1.29 is 0 Å². The maximum Gasteiger partial charge on any atom is 0.0417 e. The van der Waals surface area contributed by atoms with Crippen LogP contribution in [0.3, 0.4) is 0 Å². The van der Waals surface area contributed by atoms with E-state index >= 15 is 0 Å². The molecule has 0 aliphatic carbocycles. The standard InChI is InChI=1S/C11H17ClN2S/c1-14(2)5-6-15-11-7-10(12)4-3-9(11)8-13/h3-4,7H,5-6,8,13H2,1-2H3. The first-order valence-corrected chi connectivity index (χ1v) is 6.26. The van der Waals surface area contributed by atoms with Crippen LogP contribution in [0.1, 0.15) is 5.56 Å². The number of hydrogen-bond acceptors (Lipinski definition) is 3. The Kier molecular flexibility index (Phi) is 5.47. The number of rotatable bonds is 5. The lowest BCUT2D eigenvalue weighted by Gasteiger charge is -2.11. The molecule has 1 rings (SSSR count). The van der Waals surface area contributed by atoms with Gasteiger partial charge in [0.2, 0.25) is 0 Å². The first-order valence-electron chi connectivity index (χ1n) is 4.89. The molecule has 0 radical (unpaired) electrons. The Balaban J connectivity index is 2.62. The fourth-order valence-corrected chi connectivity index (χ4v) is 2.63. The van der Waals surface area contributed by atoms with Crippen LogP contribution in [0.15, 0.2) is 23.1 Å². The molecular weight excluding hydrogens is 228 g/mol. The first kappa shape index (κ1) is 12.8. The lowest BCUT2D eigenvalue weighted by molar-refractivity contribution is 0.437. The van der Waals surface area contributed by atoms with Gasteiger partial charge in [-0.1, -0.05) is 17.7 Å². The Labute approximate surface area is 101 Å². The average Bonchev–Trinajstić information content (AvgIpc) is 2.17. The van der Waals surface area contributed by atoms with E-state index in [1.165, 1.54) is 10.5 Å². The van der Waals surface area contributed by atoms with Gasteiger partial charge in [0, 0.05) is 28.8 Å². The highest BCUT2D eigenvalue weighted by Crippen LogP contribution is 2.25. The van der Waals surface area contributed by atoms with Crippen LogP contribution >= 0.6 is 23.4 Å². The van der Waals surface area contributed by atoms with Crippen LogP contribution in [0.2, 0.25) is 5.02 Å². The Morgan fingerprint density at radius 2 is 2.13 bits per heavy atom. The normalized spacial score (nSPS) is 11.0. The second-order valence-corrected chi connectivity index (χ2v) is 5.18. The molecule has 0 atom stereocenters. The number of nitrogens with zero attached hydrogens (tertiary/aromatic N) is 1. The molecule has 84 valence electrons. The molecule has 0 fully saturated rings. The van der Waals surface area contributed by atoms with E-state index in [2.05, 4.69) is 19.0 Å². The van der Waals surface area contributed by atoms with E-state index < -0.39 is 0 Å². The molecule has 0 unspecified atom stereocenters. The highest BCUT2D eigenvalue weighted by atomic mass is 35.5. The summed E-state index contributed by atoms with van der Waals surface area (Å²) < 4.78 is 0. The van der Waals surface area contributed by atoms with Crippen LogP contribution in [0, 0.1) is 0 Å². The number of benzene rings is 1. The molecule has 0 aliphatic heterocycles. The molecular formula is C11H17ClN2S. The van der Waals surface area contributed by atoms with E-state index in [9.17, 15) is 0 Å². The molecule has 15 heavy (non-hydrogen) atoms. The summed E-state index contributed by atoms with van der Waals surface area (Å²) in [4.78, 5) is 3.37. The molecule has 0 spiro atoms. The van der Waals surface area contributed by atoms with Gasteiger partial charge in [-0.2, -0.15) is 0 Å². The zero-order valence-electron chi connectivity index (χ0n) is 9.16. The van der Waals surface area contributed by atoms with Crippen LogP contribution < -0.4 is 5.73 Å². The van der Waals surface area contributed by atoms with E-state index in [0.29, 0.717) is 6.54 Å². The molecule has 0 aromatic heterocycles. The van der Waals surface area contributed by atoms with Crippen molar-refractivity contribution in [2.75, 3.05) is 26.4 Å². The van der Waals surface area contributed by atoms with E-state index in [4.69, 9.17) is 17.3 Å². The molecule has 0 saturated heterocycles. The SMILES string of the molecule is CN(C)CCSc1cc(Cl)ccc1CN. The largest absolute Gasteiger partial charge is 0.326 e. The maximum atomic E-state index is 5.95. The van der Waals surface area contributed by atoms with Crippen molar-refractivity contribution in [2.24, 2.45) is 5.73 Å².